The molecule has 24 heavy (non-hydrogen) atoms. The van der Waals surface area contributed by atoms with Crippen LogP contribution in [-0.4, -0.2) is 29.3 Å². The molecule has 6 heteroatoms. The van der Waals surface area contributed by atoms with Crippen LogP contribution in [0.15, 0.2) is 60.7 Å². The van der Waals surface area contributed by atoms with Crippen molar-refractivity contribution in [3.63, 3.8) is 0 Å². The lowest BCUT2D eigenvalue weighted by Crippen LogP contribution is -2.37. The van der Waals surface area contributed by atoms with E-state index >= 15 is 0 Å². The number of carbonyl (C=O) groups is 1. The molecule has 0 atom stereocenters. The molecule has 0 fully saturated rings. The van der Waals surface area contributed by atoms with E-state index in [9.17, 15) is 4.79 Å². The largest absolute Gasteiger partial charge is 0.479 e. The van der Waals surface area contributed by atoms with Gasteiger partial charge in [0.25, 0.3) is 0 Å². The standard InChI is InChI=1S/C18H20N2O3S/c21-17(22)13-23-20-18(24)19-12-11-16(14-7-3-1-4-8-14)15-9-5-2-6-10-15/h1-10,16H,11-13H2,(H,21,22)(H2,19,20,24). The van der Waals surface area contributed by atoms with Crippen LogP contribution in [0.4, 0.5) is 0 Å². The summed E-state index contributed by atoms with van der Waals surface area (Å²) in [6.45, 7) is 0.190. The zero-order valence-electron chi connectivity index (χ0n) is 13.1. The van der Waals surface area contributed by atoms with Gasteiger partial charge in [0.05, 0.1) is 0 Å². The average molecular weight is 344 g/mol. The van der Waals surface area contributed by atoms with Gasteiger partial charge in [0.15, 0.2) is 11.7 Å². The fourth-order valence-electron chi connectivity index (χ4n) is 2.43. The van der Waals surface area contributed by atoms with Crippen molar-refractivity contribution in [2.45, 2.75) is 12.3 Å². The first-order valence-corrected chi connectivity index (χ1v) is 8.05. The lowest BCUT2D eigenvalue weighted by molar-refractivity contribution is -0.143. The highest BCUT2D eigenvalue weighted by Gasteiger charge is 2.13. The zero-order chi connectivity index (χ0) is 17.2. The van der Waals surface area contributed by atoms with E-state index in [0.717, 1.165) is 6.42 Å². The number of hydroxylamine groups is 1. The number of nitrogens with one attached hydrogen (secondary N) is 2. The van der Waals surface area contributed by atoms with Crippen LogP contribution in [0, 0.1) is 0 Å². The Kier molecular flexibility index (Phi) is 7.20. The van der Waals surface area contributed by atoms with Crippen molar-refractivity contribution >= 4 is 23.3 Å². The molecule has 5 nitrogen and oxygen atoms in total. The Balaban J connectivity index is 1.90. The quantitative estimate of drug-likeness (QED) is 0.505. The molecule has 2 aromatic carbocycles. The van der Waals surface area contributed by atoms with Crippen molar-refractivity contribution in [3.8, 4) is 0 Å². The Morgan fingerprint density at radius 2 is 1.58 bits per heavy atom. The highest BCUT2D eigenvalue weighted by Crippen LogP contribution is 2.27. The summed E-state index contributed by atoms with van der Waals surface area (Å²) in [5.41, 5.74) is 4.89. The number of thiocarbonyl (C=S) groups is 1. The van der Waals surface area contributed by atoms with Crippen LogP contribution in [-0.2, 0) is 9.63 Å². The molecule has 0 amide bonds. The number of rotatable bonds is 8. The van der Waals surface area contributed by atoms with Gasteiger partial charge in [0, 0.05) is 12.5 Å². The maximum Gasteiger partial charge on any atom is 0.332 e. The predicted molar refractivity (Wildman–Crippen MR) is 96.7 cm³/mol. The van der Waals surface area contributed by atoms with Crippen molar-refractivity contribution in [3.05, 3.63) is 71.8 Å². The summed E-state index contributed by atoms with van der Waals surface area (Å²) in [4.78, 5) is 15.1. The monoisotopic (exact) mass is 344 g/mol. The maximum absolute atomic E-state index is 10.4. The summed E-state index contributed by atoms with van der Waals surface area (Å²) in [6.07, 6.45) is 0.842. The number of hydrogen-bond acceptors (Lipinski definition) is 3. The molecule has 126 valence electrons. The summed E-state index contributed by atoms with van der Waals surface area (Å²) in [5.74, 6) is -0.804. The number of benzene rings is 2. The number of carboxylic acids is 1. The molecule has 0 aliphatic carbocycles. The molecular weight excluding hydrogens is 324 g/mol. The van der Waals surface area contributed by atoms with Crippen molar-refractivity contribution in [2.75, 3.05) is 13.2 Å². The van der Waals surface area contributed by atoms with E-state index < -0.39 is 12.6 Å². The van der Waals surface area contributed by atoms with Gasteiger partial charge in [-0.15, -0.1) is 0 Å². The third kappa shape index (κ3) is 5.98. The van der Waals surface area contributed by atoms with Crippen LogP contribution >= 0.6 is 12.2 Å². The minimum atomic E-state index is -1.06. The summed E-state index contributed by atoms with van der Waals surface area (Å²) < 4.78 is 0. The smallest absolute Gasteiger partial charge is 0.332 e. The highest BCUT2D eigenvalue weighted by molar-refractivity contribution is 7.80. The minimum Gasteiger partial charge on any atom is -0.479 e. The van der Waals surface area contributed by atoms with Gasteiger partial charge in [-0.05, 0) is 29.8 Å². The van der Waals surface area contributed by atoms with Gasteiger partial charge >= 0.3 is 5.97 Å². The Morgan fingerprint density at radius 1 is 1.04 bits per heavy atom. The molecule has 0 saturated heterocycles. The molecule has 0 unspecified atom stereocenters. The van der Waals surface area contributed by atoms with Crippen molar-refractivity contribution < 1.29 is 14.7 Å². The Morgan fingerprint density at radius 3 is 2.08 bits per heavy atom. The molecule has 0 radical (unpaired) electrons. The van der Waals surface area contributed by atoms with E-state index in [1.54, 1.807) is 0 Å². The van der Waals surface area contributed by atoms with E-state index in [2.05, 4.69) is 35.1 Å². The van der Waals surface area contributed by atoms with Crippen molar-refractivity contribution in [1.82, 2.24) is 10.8 Å². The number of carboxylic acid groups (broad SMARTS) is 1. The average Bonchev–Trinajstić information content (AvgIpc) is 2.60. The summed E-state index contributed by atoms with van der Waals surface area (Å²) in [5, 5.41) is 11.8. The van der Waals surface area contributed by atoms with Crippen LogP contribution in [0.1, 0.15) is 23.5 Å². The summed E-state index contributed by atoms with van der Waals surface area (Å²) >= 11 is 5.05. The van der Waals surface area contributed by atoms with E-state index in [4.69, 9.17) is 22.2 Å². The highest BCUT2D eigenvalue weighted by atomic mass is 32.1. The van der Waals surface area contributed by atoms with E-state index in [-0.39, 0.29) is 11.0 Å². The van der Waals surface area contributed by atoms with Crippen LogP contribution in [0.2, 0.25) is 0 Å². The maximum atomic E-state index is 10.4. The molecule has 0 bridgehead atoms. The lowest BCUT2D eigenvalue weighted by Gasteiger charge is -2.19. The summed E-state index contributed by atoms with van der Waals surface area (Å²) in [6, 6.07) is 20.6. The Hall–Kier alpha value is -2.44. The minimum absolute atomic E-state index is 0.252. The van der Waals surface area contributed by atoms with E-state index in [0.29, 0.717) is 6.54 Å². The second kappa shape index (κ2) is 9.64. The molecule has 2 rings (SSSR count). The number of hydrogen-bond donors (Lipinski definition) is 3. The molecule has 0 aliphatic heterocycles. The molecule has 0 spiro atoms. The van der Waals surface area contributed by atoms with Crippen LogP contribution in [0.3, 0.4) is 0 Å². The zero-order valence-corrected chi connectivity index (χ0v) is 14.0. The third-order valence-electron chi connectivity index (χ3n) is 3.48. The van der Waals surface area contributed by atoms with Crippen LogP contribution < -0.4 is 10.8 Å². The topological polar surface area (TPSA) is 70.6 Å². The fraction of sp³-hybridized carbons (Fsp3) is 0.222. The van der Waals surface area contributed by atoms with Crippen LogP contribution in [0.5, 0.6) is 0 Å². The molecule has 0 aromatic heterocycles. The van der Waals surface area contributed by atoms with Gasteiger partial charge in [-0.3, -0.25) is 4.84 Å². The normalized spacial score (nSPS) is 10.4. The van der Waals surface area contributed by atoms with E-state index in [1.165, 1.54) is 11.1 Å². The first-order valence-electron chi connectivity index (χ1n) is 7.64. The summed E-state index contributed by atoms with van der Waals surface area (Å²) in [7, 11) is 0. The second-order valence-electron chi connectivity index (χ2n) is 5.20. The molecule has 2 aromatic rings. The first-order chi connectivity index (χ1) is 11.7. The Labute approximate surface area is 146 Å². The predicted octanol–water partition coefficient (Wildman–Crippen LogP) is 2.69. The second-order valence-corrected chi connectivity index (χ2v) is 5.61. The SMILES string of the molecule is O=C(O)CONC(=S)NCCC(c1ccccc1)c1ccccc1. The fourth-order valence-corrected chi connectivity index (χ4v) is 2.59. The van der Waals surface area contributed by atoms with Gasteiger partial charge in [-0.25, -0.2) is 10.3 Å². The van der Waals surface area contributed by atoms with E-state index in [1.807, 2.05) is 36.4 Å². The molecule has 0 saturated carbocycles. The molecular formula is C18H20N2O3S. The first kappa shape index (κ1) is 17.9. The Bertz CT molecular complexity index is 610. The number of aliphatic carboxylic acids is 1. The van der Waals surface area contributed by atoms with Crippen LogP contribution in [0.25, 0.3) is 0 Å². The van der Waals surface area contributed by atoms with Crippen molar-refractivity contribution in [2.24, 2.45) is 0 Å². The molecule has 0 aliphatic rings. The molecule has 3 N–H and O–H groups in total. The third-order valence-corrected chi connectivity index (χ3v) is 3.71. The molecule has 0 heterocycles. The van der Waals surface area contributed by atoms with Gasteiger partial charge < -0.3 is 10.4 Å². The van der Waals surface area contributed by atoms with Gasteiger partial charge in [0.2, 0.25) is 0 Å². The van der Waals surface area contributed by atoms with Gasteiger partial charge in [-0.1, -0.05) is 60.7 Å². The van der Waals surface area contributed by atoms with Gasteiger partial charge in [0.1, 0.15) is 0 Å². The van der Waals surface area contributed by atoms with Crippen molar-refractivity contribution in [1.29, 1.82) is 0 Å². The lowest BCUT2D eigenvalue weighted by atomic mass is 9.88. The van der Waals surface area contributed by atoms with Gasteiger partial charge in [-0.2, -0.15) is 0 Å².